The van der Waals surface area contributed by atoms with Gasteiger partial charge in [-0.15, -0.1) is 0 Å². The molecule has 1 aliphatic rings. The number of methoxy groups -OCH3 is 1. The number of nitrogens with one attached hydrogen (secondary N) is 1. The highest BCUT2D eigenvalue weighted by Gasteiger charge is 2.43. The summed E-state index contributed by atoms with van der Waals surface area (Å²) >= 11 is 0. The second-order valence-corrected chi connectivity index (χ2v) is 6.12. The molecule has 1 unspecified atom stereocenters. The van der Waals surface area contributed by atoms with E-state index in [1.807, 2.05) is 30.3 Å². The fraction of sp³-hybridized carbons (Fsp3) is 0.556. The maximum Gasteiger partial charge on any atom is 0.259 e. The Balaban J connectivity index is 1.86. The first-order valence-electron chi connectivity index (χ1n) is 8.33. The van der Waals surface area contributed by atoms with Crippen LogP contribution in [0.1, 0.15) is 24.8 Å². The minimum Gasteiger partial charge on any atom is -0.383 e. The molecule has 0 spiro atoms. The number of likely N-dealkylation sites (tertiary alicyclic amines) is 1. The van der Waals surface area contributed by atoms with Crippen LogP contribution in [0.25, 0.3) is 0 Å². The Morgan fingerprint density at radius 3 is 2.79 bits per heavy atom. The fourth-order valence-corrected chi connectivity index (χ4v) is 2.89. The van der Waals surface area contributed by atoms with E-state index in [1.54, 1.807) is 0 Å². The Bertz CT molecular complexity index is 552. The summed E-state index contributed by atoms with van der Waals surface area (Å²) in [4.78, 5) is 25.9. The smallest absolute Gasteiger partial charge is 0.259 e. The molecule has 1 aromatic carbocycles. The van der Waals surface area contributed by atoms with E-state index in [1.165, 1.54) is 12.0 Å². The van der Waals surface area contributed by atoms with Crippen LogP contribution in [0.4, 0.5) is 4.39 Å². The van der Waals surface area contributed by atoms with Gasteiger partial charge in [-0.05, 0) is 24.8 Å². The van der Waals surface area contributed by atoms with Crippen LogP contribution >= 0.6 is 0 Å². The van der Waals surface area contributed by atoms with E-state index in [-0.39, 0.29) is 25.4 Å². The number of amides is 2. The zero-order valence-corrected chi connectivity index (χ0v) is 14.1. The number of alkyl halides is 1. The van der Waals surface area contributed by atoms with E-state index >= 15 is 0 Å². The van der Waals surface area contributed by atoms with Crippen molar-refractivity contribution in [1.82, 2.24) is 10.2 Å². The number of hydrogen-bond acceptors (Lipinski definition) is 3. The van der Waals surface area contributed by atoms with Crippen molar-refractivity contribution in [3.8, 4) is 0 Å². The van der Waals surface area contributed by atoms with Crippen LogP contribution in [0.3, 0.4) is 0 Å². The van der Waals surface area contributed by atoms with Crippen LogP contribution in [0.5, 0.6) is 0 Å². The van der Waals surface area contributed by atoms with Gasteiger partial charge in [0, 0.05) is 26.6 Å². The normalized spacial score (nSPS) is 20.7. The van der Waals surface area contributed by atoms with Crippen LogP contribution in [0.15, 0.2) is 30.3 Å². The molecule has 24 heavy (non-hydrogen) atoms. The quantitative estimate of drug-likeness (QED) is 0.771. The summed E-state index contributed by atoms with van der Waals surface area (Å²) in [5, 5.41) is 2.53. The number of nitrogens with zero attached hydrogens (tertiary/aromatic N) is 1. The van der Waals surface area contributed by atoms with Crippen molar-refractivity contribution in [3.63, 3.8) is 0 Å². The Hall–Kier alpha value is -1.95. The minimum absolute atomic E-state index is 0.106. The predicted octanol–water partition coefficient (Wildman–Crippen LogP) is 1.71. The molecule has 1 aromatic rings. The second kappa shape index (κ2) is 8.78. The van der Waals surface area contributed by atoms with Crippen LogP contribution in [0, 0.1) is 0 Å². The van der Waals surface area contributed by atoms with Gasteiger partial charge in [-0.25, -0.2) is 4.39 Å². The summed E-state index contributed by atoms with van der Waals surface area (Å²) < 4.78 is 19.8. The number of rotatable bonds is 7. The SMILES string of the molecule is COCCNC(=O)C1(F)CCCN(C(=O)CCc2ccccc2)C1. The molecular weight excluding hydrogens is 311 g/mol. The molecule has 6 heteroatoms. The van der Waals surface area contributed by atoms with E-state index in [2.05, 4.69) is 5.32 Å². The molecule has 0 aromatic heterocycles. The van der Waals surface area contributed by atoms with Crippen molar-refractivity contribution in [2.45, 2.75) is 31.4 Å². The van der Waals surface area contributed by atoms with Crippen LogP contribution in [-0.4, -0.2) is 55.7 Å². The molecule has 1 fully saturated rings. The van der Waals surface area contributed by atoms with Crippen molar-refractivity contribution in [1.29, 1.82) is 0 Å². The second-order valence-electron chi connectivity index (χ2n) is 6.12. The average molecular weight is 336 g/mol. The molecule has 1 N–H and O–H groups in total. The van der Waals surface area contributed by atoms with Gasteiger partial charge in [0.25, 0.3) is 5.91 Å². The molecule has 0 saturated carbocycles. The third kappa shape index (κ3) is 5.03. The van der Waals surface area contributed by atoms with Gasteiger partial charge in [0.1, 0.15) is 0 Å². The maximum atomic E-state index is 14.9. The maximum absolute atomic E-state index is 14.9. The highest BCUT2D eigenvalue weighted by molar-refractivity contribution is 5.86. The molecular formula is C18H25FN2O3. The molecule has 1 saturated heterocycles. The monoisotopic (exact) mass is 336 g/mol. The molecule has 2 amide bonds. The van der Waals surface area contributed by atoms with Gasteiger partial charge in [0.15, 0.2) is 0 Å². The number of hydrogen-bond donors (Lipinski definition) is 1. The van der Waals surface area contributed by atoms with Gasteiger partial charge in [0.05, 0.1) is 13.2 Å². The van der Waals surface area contributed by atoms with Gasteiger partial charge >= 0.3 is 0 Å². The Morgan fingerprint density at radius 2 is 2.08 bits per heavy atom. The predicted molar refractivity (Wildman–Crippen MR) is 89.3 cm³/mol. The molecule has 0 bridgehead atoms. The molecule has 1 atom stereocenters. The van der Waals surface area contributed by atoms with Crippen molar-refractivity contribution >= 4 is 11.8 Å². The van der Waals surface area contributed by atoms with Crippen molar-refractivity contribution in [3.05, 3.63) is 35.9 Å². The van der Waals surface area contributed by atoms with Gasteiger partial charge in [-0.1, -0.05) is 30.3 Å². The summed E-state index contributed by atoms with van der Waals surface area (Å²) in [5.74, 6) is -0.759. The minimum atomic E-state index is -2.01. The number of ether oxygens (including phenoxy) is 1. The molecule has 132 valence electrons. The van der Waals surface area contributed by atoms with Crippen LogP contribution in [-0.2, 0) is 20.7 Å². The molecule has 5 nitrogen and oxygen atoms in total. The number of benzene rings is 1. The first kappa shape index (κ1) is 18.4. The Morgan fingerprint density at radius 1 is 1.33 bits per heavy atom. The van der Waals surface area contributed by atoms with E-state index in [4.69, 9.17) is 4.74 Å². The largest absolute Gasteiger partial charge is 0.383 e. The lowest BCUT2D eigenvalue weighted by atomic mass is 9.93. The molecule has 1 heterocycles. The number of carbonyl (C=O) groups is 2. The fourth-order valence-electron chi connectivity index (χ4n) is 2.89. The van der Waals surface area contributed by atoms with E-state index in [0.717, 1.165) is 5.56 Å². The molecule has 2 rings (SSSR count). The lowest BCUT2D eigenvalue weighted by Gasteiger charge is -2.36. The van der Waals surface area contributed by atoms with E-state index < -0.39 is 11.6 Å². The number of halogens is 1. The van der Waals surface area contributed by atoms with Gasteiger partial charge in [-0.2, -0.15) is 0 Å². The van der Waals surface area contributed by atoms with Gasteiger partial charge in [-0.3, -0.25) is 9.59 Å². The Kier molecular flexibility index (Phi) is 6.73. The number of piperidine rings is 1. The molecule has 0 radical (unpaired) electrons. The highest BCUT2D eigenvalue weighted by Crippen LogP contribution is 2.26. The summed E-state index contributed by atoms with van der Waals surface area (Å²) in [6, 6.07) is 9.71. The van der Waals surface area contributed by atoms with Crippen molar-refractivity contribution in [2.24, 2.45) is 0 Å². The molecule has 1 aliphatic heterocycles. The number of aryl methyl sites for hydroxylation is 1. The summed E-state index contributed by atoms with van der Waals surface area (Å²) in [6.07, 6.45) is 1.58. The topological polar surface area (TPSA) is 58.6 Å². The number of carbonyl (C=O) groups excluding carboxylic acids is 2. The highest BCUT2D eigenvalue weighted by atomic mass is 19.1. The van der Waals surface area contributed by atoms with E-state index in [0.29, 0.717) is 32.4 Å². The van der Waals surface area contributed by atoms with Crippen LogP contribution < -0.4 is 5.32 Å². The standard InChI is InChI=1S/C18H25FN2O3/c1-24-13-11-20-17(23)18(19)10-5-12-21(14-18)16(22)9-8-15-6-3-2-4-7-15/h2-4,6-7H,5,8-14H2,1H3,(H,20,23). The van der Waals surface area contributed by atoms with Crippen molar-refractivity contribution in [2.75, 3.05) is 33.4 Å². The Labute approximate surface area is 142 Å². The summed E-state index contributed by atoms with van der Waals surface area (Å²) in [5.41, 5.74) is -0.930. The zero-order valence-electron chi connectivity index (χ0n) is 14.1. The zero-order chi connectivity index (χ0) is 17.4. The van der Waals surface area contributed by atoms with Gasteiger partial charge in [0.2, 0.25) is 11.6 Å². The lowest BCUT2D eigenvalue weighted by Crippen LogP contribution is -2.56. The first-order chi connectivity index (χ1) is 11.5. The lowest BCUT2D eigenvalue weighted by molar-refractivity contribution is -0.143. The average Bonchev–Trinajstić information content (AvgIpc) is 2.60. The van der Waals surface area contributed by atoms with Crippen molar-refractivity contribution < 1.29 is 18.7 Å². The third-order valence-electron chi connectivity index (χ3n) is 4.26. The van der Waals surface area contributed by atoms with E-state index in [9.17, 15) is 14.0 Å². The summed E-state index contributed by atoms with van der Waals surface area (Å²) in [7, 11) is 1.52. The van der Waals surface area contributed by atoms with Gasteiger partial charge < -0.3 is 15.0 Å². The summed E-state index contributed by atoms with van der Waals surface area (Å²) in [6.45, 7) is 0.939. The third-order valence-corrected chi connectivity index (χ3v) is 4.26. The molecule has 0 aliphatic carbocycles. The first-order valence-corrected chi connectivity index (χ1v) is 8.33. The van der Waals surface area contributed by atoms with Crippen LogP contribution in [0.2, 0.25) is 0 Å².